The Morgan fingerprint density at radius 2 is 1.05 bits per heavy atom. The molecule has 9 rings (SSSR count). The Morgan fingerprint density at radius 1 is 0.366 bits per heavy atom. The van der Waals surface area contributed by atoms with Crippen LogP contribution >= 0.6 is 0 Å². The summed E-state index contributed by atoms with van der Waals surface area (Å²) in [6, 6.07) is 52.5. The molecule has 1 heteroatoms. The van der Waals surface area contributed by atoms with Gasteiger partial charge in [-0.1, -0.05) is 127 Å². The summed E-state index contributed by atoms with van der Waals surface area (Å²) in [6.07, 6.45) is 0. The molecule has 0 radical (unpaired) electrons. The zero-order valence-corrected chi connectivity index (χ0v) is 22.3. The van der Waals surface area contributed by atoms with Crippen LogP contribution in [0.15, 0.2) is 150 Å². The first kappa shape index (κ1) is 22.4. The van der Waals surface area contributed by atoms with Gasteiger partial charge in [-0.3, -0.25) is 0 Å². The van der Waals surface area contributed by atoms with Crippen molar-refractivity contribution in [3.63, 3.8) is 0 Å². The molecular weight excluding hydrogens is 496 g/mol. The monoisotopic (exact) mass is 520 g/mol. The van der Waals surface area contributed by atoms with Crippen LogP contribution in [0.2, 0.25) is 0 Å². The highest BCUT2D eigenvalue weighted by atomic mass is 16.3. The van der Waals surface area contributed by atoms with Gasteiger partial charge in [-0.25, -0.2) is 0 Å². The fourth-order valence-corrected chi connectivity index (χ4v) is 6.82. The van der Waals surface area contributed by atoms with Crippen LogP contribution in [0.1, 0.15) is 0 Å². The third-order valence-electron chi connectivity index (χ3n) is 8.61. The maximum Gasteiger partial charge on any atom is 0.143 e. The van der Waals surface area contributed by atoms with Gasteiger partial charge in [0.15, 0.2) is 0 Å². The smallest absolute Gasteiger partial charge is 0.143 e. The molecule has 0 saturated heterocycles. The van der Waals surface area contributed by atoms with E-state index in [1.54, 1.807) is 0 Å². The van der Waals surface area contributed by atoms with E-state index in [4.69, 9.17) is 4.42 Å². The van der Waals surface area contributed by atoms with Gasteiger partial charge < -0.3 is 4.42 Å². The molecule has 0 bridgehead atoms. The van der Waals surface area contributed by atoms with Gasteiger partial charge >= 0.3 is 0 Å². The highest BCUT2D eigenvalue weighted by Gasteiger charge is 2.21. The number of hydrogen-bond donors (Lipinski definition) is 0. The first-order chi connectivity index (χ1) is 20.3. The van der Waals surface area contributed by atoms with Gasteiger partial charge in [0.25, 0.3) is 0 Å². The van der Waals surface area contributed by atoms with E-state index >= 15 is 0 Å². The van der Waals surface area contributed by atoms with Crippen molar-refractivity contribution in [2.24, 2.45) is 0 Å². The van der Waals surface area contributed by atoms with Crippen LogP contribution in [0.3, 0.4) is 0 Å². The Morgan fingerprint density at radius 3 is 1.88 bits per heavy atom. The first-order valence-corrected chi connectivity index (χ1v) is 14.1. The summed E-state index contributed by atoms with van der Waals surface area (Å²) in [5.74, 6) is 0. The van der Waals surface area contributed by atoms with E-state index in [1.165, 1.54) is 65.3 Å². The minimum Gasteiger partial charge on any atom is -0.455 e. The Labute approximate surface area is 236 Å². The summed E-state index contributed by atoms with van der Waals surface area (Å²) in [6.45, 7) is 0. The van der Waals surface area contributed by atoms with Gasteiger partial charge in [0.2, 0.25) is 0 Å². The fourth-order valence-electron chi connectivity index (χ4n) is 6.82. The normalized spacial score (nSPS) is 11.9. The van der Waals surface area contributed by atoms with E-state index in [0.29, 0.717) is 0 Å². The van der Waals surface area contributed by atoms with Crippen LogP contribution in [0.25, 0.3) is 87.3 Å². The van der Waals surface area contributed by atoms with Crippen LogP contribution in [0.4, 0.5) is 0 Å². The highest BCUT2D eigenvalue weighted by molar-refractivity contribution is 6.28. The summed E-state index contributed by atoms with van der Waals surface area (Å²) in [7, 11) is 0. The van der Waals surface area contributed by atoms with Gasteiger partial charge in [-0.05, 0) is 78.2 Å². The summed E-state index contributed by atoms with van der Waals surface area (Å²) < 4.78 is 6.78. The van der Waals surface area contributed by atoms with Crippen molar-refractivity contribution < 1.29 is 4.42 Å². The van der Waals surface area contributed by atoms with E-state index < -0.39 is 0 Å². The van der Waals surface area contributed by atoms with Gasteiger partial charge in [-0.2, -0.15) is 0 Å². The van der Waals surface area contributed by atoms with Gasteiger partial charge in [-0.15, -0.1) is 0 Å². The number of fused-ring (bicyclic) bond motifs is 9. The average Bonchev–Trinajstić information content (AvgIpc) is 3.44. The van der Waals surface area contributed by atoms with Crippen LogP contribution in [-0.4, -0.2) is 0 Å². The lowest BCUT2D eigenvalue weighted by atomic mass is 9.87. The van der Waals surface area contributed by atoms with Crippen molar-refractivity contribution in [1.82, 2.24) is 0 Å². The van der Waals surface area contributed by atoms with Crippen LogP contribution in [0.5, 0.6) is 0 Å². The first-order valence-electron chi connectivity index (χ1n) is 14.1. The van der Waals surface area contributed by atoms with Crippen molar-refractivity contribution in [1.29, 1.82) is 0 Å². The molecule has 0 saturated carbocycles. The second kappa shape index (κ2) is 8.55. The summed E-state index contributed by atoms with van der Waals surface area (Å²) in [4.78, 5) is 0. The lowest BCUT2D eigenvalue weighted by molar-refractivity contribution is 0.673. The topological polar surface area (TPSA) is 13.1 Å². The van der Waals surface area contributed by atoms with Gasteiger partial charge in [0, 0.05) is 16.2 Å². The third kappa shape index (κ3) is 3.24. The quantitative estimate of drug-likeness (QED) is 0.163. The Hall–Kier alpha value is -5.40. The van der Waals surface area contributed by atoms with E-state index in [0.717, 1.165) is 21.9 Å². The minimum absolute atomic E-state index is 0.910. The number of benzene rings is 8. The van der Waals surface area contributed by atoms with Crippen molar-refractivity contribution in [3.8, 4) is 22.3 Å². The molecule has 8 aromatic carbocycles. The van der Waals surface area contributed by atoms with Crippen LogP contribution < -0.4 is 0 Å². The third-order valence-corrected chi connectivity index (χ3v) is 8.61. The SMILES string of the molecule is c1ccc(-c2cc3ccccc3c3oc4cccc(-c5c6ccccc6cc6c5ccc5ccccc56)c4c23)cc1. The molecule has 0 aliphatic heterocycles. The minimum atomic E-state index is 0.910. The summed E-state index contributed by atoms with van der Waals surface area (Å²) >= 11 is 0. The van der Waals surface area contributed by atoms with E-state index in [2.05, 4.69) is 146 Å². The van der Waals surface area contributed by atoms with Gasteiger partial charge in [0.1, 0.15) is 11.2 Å². The molecular formula is C40H24O. The lowest BCUT2D eigenvalue weighted by Gasteiger charge is -2.15. The average molecular weight is 521 g/mol. The molecule has 0 aliphatic rings. The molecule has 9 aromatic rings. The molecule has 1 heterocycles. The Balaban J connectivity index is 1.52. The van der Waals surface area contributed by atoms with E-state index in [9.17, 15) is 0 Å². The second-order valence-corrected chi connectivity index (χ2v) is 10.9. The van der Waals surface area contributed by atoms with Crippen molar-refractivity contribution >= 4 is 65.0 Å². The molecule has 0 atom stereocenters. The summed E-state index contributed by atoms with van der Waals surface area (Å²) in [5, 5.41) is 12.2. The number of furan rings is 1. The van der Waals surface area contributed by atoms with E-state index in [1.807, 2.05) is 0 Å². The lowest BCUT2D eigenvalue weighted by Crippen LogP contribution is -1.89. The van der Waals surface area contributed by atoms with E-state index in [-0.39, 0.29) is 0 Å². The van der Waals surface area contributed by atoms with Crippen LogP contribution in [0, 0.1) is 0 Å². The van der Waals surface area contributed by atoms with Gasteiger partial charge in [0.05, 0.1) is 0 Å². The maximum absolute atomic E-state index is 6.78. The zero-order valence-electron chi connectivity index (χ0n) is 22.3. The molecule has 0 aliphatic carbocycles. The molecule has 0 unspecified atom stereocenters. The standard InChI is InChI=1S/C40H24O/c1-2-11-25(12-3-1)34-23-28-15-6-9-18-31(28)40-39(34)38-33(19-10-20-36(38)41-40)37-30-17-8-5-14-27(30)24-35-29-16-7-4-13-26(29)21-22-32(35)37/h1-24H. The Kier molecular flexibility index (Phi) is 4.67. The van der Waals surface area contributed by atoms with Crippen LogP contribution in [-0.2, 0) is 0 Å². The maximum atomic E-state index is 6.78. The summed E-state index contributed by atoms with van der Waals surface area (Å²) in [5.41, 5.74) is 6.69. The highest BCUT2D eigenvalue weighted by Crippen LogP contribution is 2.47. The Bertz CT molecular complexity index is 2460. The van der Waals surface area contributed by atoms with Crippen molar-refractivity contribution in [2.75, 3.05) is 0 Å². The predicted molar refractivity (Wildman–Crippen MR) is 175 cm³/mol. The molecule has 0 spiro atoms. The molecule has 0 amide bonds. The number of rotatable bonds is 2. The molecule has 1 aromatic heterocycles. The zero-order chi connectivity index (χ0) is 26.9. The number of hydrogen-bond acceptors (Lipinski definition) is 1. The second-order valence-electron chi connectivity index (χ2n) is 10.9. The van der Waals surface area contributed by atoms with Crippen molar-refractivity contribution in [3.05, 3.63) is 146 Å². The molecule has 0 fully saturated rings. The molecule has 41 heavy (non-hydrogen) atoms. The van der Waals surface area contributed by atoms with Crippen molar-refractivity contribution in [2.45, 2.75) is 0 Å². The fraction of sp³-hybridized carbons (Fsp3) is 0. The molecule has 1 nitrogen and oxygen atoms in total. The predicted octanol–water partition coefficient (Wildman–Crippen LogP) is 11.5. The molecule has 190 valence electrons. The molecule has 0 N–H and O–H groups in total. The largest absolute Gasteiger partial charge is 0.455 e.